The molecule has 0 aliphatic heterocycles. The van der Waals surface area contributed by atoms with E-state index in [0.717, 1.165) is 19.3 Å². The average molecular weight is 336 g/mol. The van der Waals surface area contributed by atoms with Crippen molar-refractivity contribution >= 4 is 0 Å². The van der Waals surface area contributed by atoms with Gasteiger partial charge in [0.25, 0.3) is 0 Å². The molecular weight excluding hydrogens is 298 g/mol. The van der Waals surface area contributed by atoms with E-state index >= 15 is 0 Å². The summed E-state index contributed by atoms with van der Waals surface area (Å²) in [5, 5.41) is 18.4. The van der Waals surface area contributed by atoms with Crippen molar-refractivity contribution in [3.8, 4) is 0 Å². The molecule has 0 heterocycles. The third-order valence-corrected chi connectivity index (χ3v) is 4.86. The number of benzene rings is 1. The molecule has 138 valence electrons. The predicted octanol–water partition coefficient (Wildman–Crippen LogP) is 3.98. The lowest BCUT2D eigenvalue weighted by atomic mass is 9.94. The van der Waals surface area contributed by atoms with Crippen molar-refractivity contribution in [3.63, 3.8) is 0 Å². The van der Waals surface area contributed by atoms with Crippen LogP contribution in [0.4, 0.5) is 0 Å². The fraction of sp³-hybridized carbons (Fsp3) is 0.714. The van der Waals surface area contributed by atoms with Crippen LogP contribution in [0.15, 0.2) is 24.3 Å². The van der Waals surface area contributed by atoms with Gasteiger partial charge in [-0.05, 0) is 43.2 Å². The minimum atomic E-state index is -0.818. The van der Waals surface area contributed by atoms with Crippen LogP contribution in [0.5, 0.6) is 0 Å². The monoisotopic (exact) mass is 335 g/mol. The Bertz CT molecular complexity index is 412. The number of unbranched alkanes of at least 4 members (excludes halogenated alkanes) is 6. The van der Waals surface area contributed by atoms with E-state index in [-0.39, 0.29) is 13.2 Å². The molecule has 3 nitrogen and oxygen atoms in total. The second kappa shape index (κ2) is 12.5. The summed E-state index contributed by atoms with van der Waals surface area (Å²) in [6, 6.07) is 8.99. The molecule has 0 saturated carbocycles. The maximum Gasteiger partial charge on any atom is 0.0633 e. The average Bonchev–Trinajstić information content (AvgIpc) is 2.62. The summed E-state index contributed by atoms with van der Waals surface area (Å²) < 4.78 is 0. The Balaban J connectivity index is 2.18. The van der Waals surface area contributed by atoms with E-state index in [4.69, 9.17) is 5.73 Å². The first-order chi connectivity index (χ1) is 11.6. The molecule has 0 radical (unpaired) electrons. The Morgan fingerprint density at radius 1 is 0.750 bits per heavy atom. The maximum atomic E-state index is 9.18. The fourth-order valence-electron chi connectivity index (χ4n) is 3.00. The van der Waals surface area contributed by atoms with Gasteiger partial charge >= 0.3 is 0 Å². The van der Waals surface area contributed by atoms with Gasteiger partial charge in [-0.1, -0.05) is 69.7 Å². The highest BCUT2D eigenvalue weighted by Crippen LogP contribution is 2.15. The molecule has 1 rings (SSSR count). The van der Waals surface area contributed by atoms with Gasteiger partial charge in [0.1, 0.15) is 0 Å². The number of aliphatic hydroxyl groups excluding tert-OH is 2. The van der Waals surface area contributed by atoms with Crippen LogP contribution < -0.4 is 5.73 Å². The number of hydrogen-bond acceptors (Lipinski definition) is 3. The third kappa shape index (κ3) is 8.81. The Labute approximate surface area is 148 Å². The zero-order chi connectivity index (χ0) is 17.7. The van der Waals surface area contributed by atoms with Crippen molar-refractivity contribution in [2.75, 3.05) is 13.2 Å². The molecule has 1 aromatic rings. The van der Waals surface area contributed by atoms with E-state index in [2.05, 4.69) is 31.2 Å². The number of aliphatic hydroxyl groups is 2. The molecule has 4 N–H and O–H groups in total. The molecule has 24 heavy (non-hydrogen) atoms. The molecule has 0 bridgehead atoms. The smallest absolute Gasteiger partial charge is 0.0633 e. The van der Waals surface area contributed by atoms with E-state index in [1.54, 1.807) is 0 Å². The largest absolute Gasteiger partial charge is 0.394 e. The Hall–Kier alpha value is -0.900. The zero-order valence-corrected chi connectivity index (χ0v) is 15.5. The van der Waals surface area contributed by atoms with Gasteiger partial charge in [0.2, 0.25) is 0 Å². The summed E-state index contributed by atoms with van der Waals surface area (Å²) >= 11 is 0. The minimum absolute atomic E-state index is 0.156. The van der Waals surface area contributed by atoms with E-state index in [9.17, 15) is 10.2 Å². The van der Waals surface area contributed by atoms with Gasteiger partial charge in [-0.3, -0.25) is 0 Å². The standard InChI is InChI=1S/C21H37NO2/c1-2-3-4-5-6-7-10-19-12-14-20(15-13-19)11-8-9-16-21(22,17-23)18-24/h12-15,23-24H,2-11,16-18,22H2,1H3. The van der Waals surface area contributed by atoms with Crippen molar-refractivity contribution in [1.82, 2.24) is 0 Å². The van der Waals surface area contributed by atoms with Crippen LogP contribution in [0.25, 0.3) is 0 Å². The number of hydrogen-bond donors (Lipinski definition) is 3. The second-order valence-corrected chi connectivity index (χ2v) is 7.22. The Kier molecular flexibility index (Phi) is 11.0. The quantitative estimate of drug-likeness (QED) is 0.450. The van der Waals surface area contributed by atoms with Crippen LogP contribution in [-0.2, 0) is 12.8 Å². The van der Waals surface area contributed by atoms with Crippen LogP contribution in [0.3, 0.4) is 0 Å². The molecule has 0 unspecified atom stereocenters. The summed E-state index contributed by atoms with van der Waals surface area (Å²) in [7, 11) is 0. The van der Waals surface area contributed by atoms with Crippen molar-refractivity contribution in [1.29, 1.82) is 0 Å². The van der Waals surface area contributed by atoms with Crippen molar-refractivity contribution in [3.05, 3.63) is 35.4 Å². The maximum absolute atomic E-state index is 9.18. The van der Waals surface area contributed by atoms with Gasteiger partial charge in [-0.25, -0.2) is 0 Å². The van der Waals surface area contributed by atoms with E-state index in [0.29, 0.717) is 6.42 Å². The van der Waals surface area contributed by atoms with E-state index in [1.807, 2.05) is 0 Å². The summed E-state index contributed by atoms with van der Waals surface area (Å²) in [5.41, 5.74) is 7.86. The number of nitrogens with two attached hydrogens (primary N) is 1. The highest BCUT2D eigenvalue weighted by Gasteiger charge is 2.21. The first kappa shape index (κ1) is 21.1. The van der Waals surface area contributed by atoms with Crippen LogP contribution in [0.2, 0.25) is 0 Å². The molecule has 0 aromatic heterocycles. The van der Waals surface area contributed by atoms with Crippen LogP contribution in [-0.4, -0.2) is 29.0 Å². The summed E-state index contributed by atoms with van der Waals surface area (Å²) in [6.07, 6.45) is 12.9. The van der Waals surface area contributed by atoms with Gasteiger partial charge in [-0.15, -0.1) is 0 Å². The van der Waals surface area contributed by atoms with Gasteiger partial charge < -0.3 is 15.9 Å². The van der Waals surface area contributed by atoms with Crippen molar-refractivity contribution < 1.29 is 10.2 Å². The normalized spacial score (nSPS) is 11.8. The summed E-state index contributed by atoms with van der Waals surface area (Å²) in [5.74, 6) is 0. The van der Waals surface area contributed by atoms with Crippen LogP contribution in [0.1, 0.15) is 75.8 Å². The van der Waals surface area contributed by atoms with Gasteiger partial charge in [0, 0.05) is 0 Å². The molecule has 0 aliphatic rings. The second-order valence-electron chi connectivity index (χ2n) is 7.22. The van der Waals surface area contributed by atoms with E-state index < -0.39 is 5.54 Å². The predicted molar refractivity (Wildman–Crippen MR) is 102 cm³/mol. The summed E-state index contributed by atoms with van der Waals surface area (Å²) in [6.45, 7) is 1.94. The fourth-order valence-corrected chi connectivity index (χ4v) is 3.00. The lowest BCUT2D eigenvalue weighted by Gasteiger charge is -2.24. The van der Waals surface area contributed by atoms with Gasteiger partial charge in [0.15, 0.2) is 0 Å². The van der Waals surface area contributed by atoms with Crippen molar-refractivity contribution in [2.45, 2.75) is 83.1 Å². The third-order valence-electron chi connectivity index (χ3n) is 4.86. The van der Waals surface area contributed by atoms with Gasteiger partial charge in [-0.2, -0.15) is 0 Å². The van der Waals surface area contributed by atoms with Crippen LogP contribution in [0, 0.1) is 0 Å². The topological polar surface area (TPSA) is 66.5 Å². The minimum Gasteiger partial charge on any atom is -0.394 e. The molecule has 0 saturated heterocycles. The lowest BCUT2D eigenvalue weighted by Crippen LogP contribution is -2.47. The lowest BCUT2D eigenvalue weighted by molar-refractivity contribution is 0.112. The first-order valence-corrected chi connectivity index (χ1v) is 9.72. The van der Waals surface area contributed by atoms with Crippen molar-refractivity contribution in [2.24, 2.45) is 5.73 Å². The molecule has 0 fully saturated rings. The molecule has 0 aliphatic carbocycles. The molecule has 0 spiro atoms. The highest BCUT2D eigenvalue weighted by atomic mass is 16.3. The number of aryl methyl sites for hydroxylation is 2. The van der Waals surface area contributed by atoms with E-state index in [1.165, 1.54) is 56.1 Å². The molecule has 3 heteroatoms. The SMILES string of the molecule is CCCCCCCCc1ccc(CCCCC(N)(CO)CO)cc1. The zero-order valence-electron chi connectivity index (χ0n) is 15.5. The highest BCUT2D eigenvalue weighted by molar-refractivity contribution is 5.22. The molecular formula is C21H37NO2. The van der Waals surface area contributed by atoms with Gasteiger partial charge in [0.05, 0.1) is 18.8 Å². The Morgan fingerprint density at radius 3 is 1.71 bits per heavy atom. The first-order valence-electron chi connectivity index (χ1n) is 9.72. The summed E-state index contributed by atoms with van der Waals surface area (Å²) in [4.78, 5) is 0. The molecule has 0 atom stereocenters. The van der Waals surface area contributed by atoms with Crippen LogP contribution >= 0.6 is 0 Å². The molecule has 1 aromatic carbocycles. The number of rotatable bonds is 14. The molecule has 0 amide bonds. The Morgan fingerprint density at radius 2 is 1.21 bits per heavy atom.